The molecule has 1 aromatic rings. The summed E-state index contributed by atoms with van der Waals surface area (Å²) in [5.74, 6) is 1.81. The van der Waals surface area contributed by atoms with Gasteiger partial charge in [0.2, 0.25) is 0 Å². The lowest BCUT2D eigenvalue weighted by molar-refractivity contribution is 0.231. The summed E-state index contributed by atoms with van der Waals surface area (Å²) < 4.78 is 0. The van der Waals surface area contributed by atoms with Crippen molar-refractivity contribution in [2.24, 2.45) is 11.8 Å². The van der Waals surface area contributed by atoms with Gasteiger partial charge in [0.15, 0.2) is 0 Å². The summed E-state index contributed by atoms with van der Waals surface area (Å²) in [5, 5.41) is 3.82. The summed E-state index contributed by atoms with van der Waals surface area (Å²) in [4.78, 5) is 0. The molecule has 1 atom stereocenters. The molecule has 1 aliphatic carbocycles. The molecule has 0 aromatic heterocycles. The quantitative estimate of drug-likeness (QED) is 0.814. The fourth-order valence-corrected chi connectivity index (χ4v) is 3.34. The van der Waals surface area contributed by atoms with Crippen LogP contribution >= 0.6 is 0 Å². The van der Waals surface area contributed by atoms with Gasteiger partial charge in [0.05, 0.1) is 0 Å². The molecule has 106 valence electrons. The monoisotopic (exact) mass is 259 g/mol. The average Bonchev–Trinajstić information content (AvgIpc) is 2.39. The molecule has 1 saturated carbocycles. The molecule has 1 heteroatoms. The van der Waals surface area contributed by atoms with Gasteiger partial charge in [-0.25, -0.2) is 0 Å². The maximum atomic E-state index is 3.82. The van der Waals surface area contributed by atoms with E-state index in [9.17, 15) is 0 Å². The Labute approximate surface area is 118 Å². The van der Waals surface area contributed by atoms with Gasteiger partial charge < -0.3 is 5.32 Å². The zero-order valence-corrected chi connectivity index (χ0v) is 12.9. The van der Waals surface area contributed by atoms with Crippen LogP contribution in [0.25, 0.3) is 0 Å². The first-order chi connectivity index (χ1) is 9.06. The van der Waals surface area contributed by atoms with Crippen molar-refractivity contribution in [3.63, 3.8) is 0 Å². The second-order valence-electron chi connectivity index (χ2n) is 6.66. The molecule has 0 bridgehead atoms. The van der Waals surface area contributed by atoms with Crippen LogP contribution in [-0.2, 0) is 0 Å². The molecule has 0 aliphatic heterocycles. The molecule has 1 aliphatic rings. The molecular formula is C18H29N. The first-order valence-corrected chi connectivity index (χ1v) is 7.89. The van der Waals surface area contributed by atoms with Crippen LogP contribution in [0.4, 0.5) is 0 Å². The Kier molecular flexibility index (Phi) is 5.04. The largest absolute Gasteiger partial charge is 0.307 e. The van der Waals surface area contributed by atoms with E-state index in [1.165, 1.54) is 36.8 Å². The highest BCUT2D eigenvalue weighted by Crippen LogP contribution is 2.30. The normalized spacial score (nSPS) is 25.5. The van der Waals surface area contributed by atoms with E-state index in [0.29, 0.717) is 12.1 Å². The van der Waals surface area contributed by atoms with Crippen molar-refractivity contribution in [1.82, 2.24) is 5.32 Å². The molecule has 0 spiro atoms. The van der Waals surface area contributed by atoms with E-state index < -0.39 is 0 Å². The van der Waals surface area contributed by atoms with Crippen molar-refractivity contribution in [3.8, 4) is 0 Å². The molecule has 1 fully saturated rings. The van der Waals surface area contributed by atoms with Crippen molar-refractivity contribution >= 4 is 0 Å². The lowest BCUT2D eigenvalue weighted by Crippen LogP contribution is -2.35. The van der Waals surface area contributed by atoms with Crippen molar-refractivity contribution in [3.05, 3.63) is 35.4 Å². The molecule has 0 unspecified atom stereocenters. The number of hydrogen-bond acceptors (Lipinski definition) is 1. The second kappa shape index (κ2) is 6.56. The molecule has 1 aromatic carbocycles. The minimum Gasteiger partial charge on any atom is -0.307 e. The molecule has 0 radical (unpaired) electrons. The van der Waals surface area contributed by atoms with Crippen LogP contribution in [0, 0.1) is 18.8 Å². The maximum Gasteiger partial charge on any atom is 0.0294 e. The molecule has 0 heterocycles. The standard InChI is InChI=1S/C18H29N/c1-13(2)16-8-10-18(11-9-16)19-15(4)17-7-5-6-14(3)12-17/h5-7,12-13,15-16,18-19H,8-11H2,1-4H3/t15-,16?,18?/m1/s1. The van der Waals surface area contributed by atoms with Crippen molar-refractivity contribution < 1.29 is 0 Å². The predicted molar refractivity (Wildman–Crippen MR) is 83.3 cm³/mol. The van der Waals surface area contributed by atoms with Gasteiger partial charge in [0.1, 0.15) is 0 Å². The van der Waals surface area contributed by atoms with E-state index in [0.717, 1.165) is 11.8 Å². The van der Waals surface area contributed by atoms with E-state index in [4.69, 9.17) is 0 Å². The van der Waals surface area contributed by atoms with Gasteiger partial charge in [0.25, 0.3) is 0 Å². The Morgan fingerprint density at radius 1 is 1.05 bits per heavy atom. The Hall–Kier alpha value is -0.820. The molecular weight excluding hydrogens is 230 g/mol. The highest BCUT2D eigenvalue weighted by atomic mass is 14.9. The van der Waals surface area contributed by atoms with Gasteiger partial charge in [-0.05, 0) is 56.9 Å². The van der Waals surface area contributed by atoms with Gasteiger partial charge in [-0.15, -0.1) is 0 Å². The van der Waals surface area contributed by atoms with Gasteiger partial charge in [-0.2, -0.15) is 0 Å². The summed E-state index contributed by atoms with van der Waals surface area (Å²) in [7, 11) is 0. The minimum atomic E-state index is 0.473. The second-order valence-corrected chi connectivity index (χ2v) is 6.66. The third-order valence-corrected chi connectivity index (χ3v) is 4.74. The molecule has 19 heavy (non-hydrogen) atoms. The first kappa shape index (κ1) is 14.6. The van der Waals surface area contributed by atoms with E-state index in [2.05, 4.69) is 57.3 Å². The topological polar surface area (TPSA) is 12.0 Å². The number of hydrogen-bond donors (Lipinski definition) is 1. The minimum absolute atomic E-state index is 0.473. The SMILES string of the molecule is Cc1cccc([C@@H](C)NC2CCC(C(C)C)CC2)c1. The van der Waals surface area contributed by atoms with Gasteiger partial charge in [-0.3, -0.25) is 0 Å². The molecule has 0 saturated heterocycles. The van der Waals surface area contributed by atoms with E-state index >= 15 is 0 Å². The Bertz CT molecular complexity index is 388. The van der Waals surface area contributed by atoms with Crippen molar-refractivity contribution in [2.75, 3.05) is 0 Å². The van der Waals surface area contributed by atoms with Crippen molar-refractivity contribution in [1.29, 1.82) is 0 Å². The lowest BCUT2D eigenvalue weighted by atomic mass is 9.79. The van der Waals surface area contributed by atoms with Crippen LogP contribution in [0.2, 0.25) is 0 Å². The van der Waals surface area contributed by atoms with Crippen LogP contribution in [-0.4, -0.2) is 6.04 Å². The summed E-state index contributed by atoms with van der Waals surface area (Å²) in [5.41, 5.74) is 2.78. The summed E-state index contributed by atoms with van der Waals surface area (Å²) in [6, 6.07) is 10.1. The van der Waals surface area contributed by atoms with Gasteiger partial charge >= 0.3 is 0 Å². The zero-order valence-electron chi connectivity index (χ0n) is 12.9. The highest BCUT2D eigenvalue weighted by molar-refractivity contribution is 5.24. The first-order valence-electron chi connectivity index (χ1n) is 7.89. The molecule has 2 rings (SSSR count). The molecule has 1 nitrogen and oxygen atoms in total. The van der Waals surface area contributed by atoms with Crippen LogP contribution in [0.1, 0.15) is 63.6 Å². The number of rotatable bonds is 4. The number of benzene rings is 1. The summed E-state index contributed by atoms with van der Waals surface area (Å²) in [6.45, 7) is 9.20. The van der Waals surface area contributed by atoms with Crippen LogP contribution in [0.15, 0.2) is 24.3 Å². The smallest absolute Gasteiger partial charge is 0.0294 e. The fraction of sp³-hybridized carbons (Fsp3) is 0.667. The predicted octanol–water partition coefficient (Wildman–Crippen LogP) is 4.86. The van der Waals surface area contributed by atoms with E-state index in [-0.39, 0.29) is 0 Å². The third-order valence-electron chi connectivity index (χ3n) is 4.74. The Morgan fingerprint density at radius 3 is 2.32 bits per heavy atom. The third kappa shape index (κ3) is 4.07. The van der Waals surface area contributed by atoms with Crippen molar-refractivity contribution in [2.45, 2.75) is 65.5 Å². The van der Waals surface area contributed by atoms with E-state index in [1.807, 2.05) is 0 Å². The fourth-order valence-electron chi connectivity index (χ4n) is 3.34. The Morgan fingerprint density at radius 2 is 1.74 bits per heavy atom. The lowest BCUT2D eigenvalue weighted by Gasteiger charge is -2.33. The molecule has 1 N–H and O–H groups in total. The van der Waals surface area contributed by atoms with E-state index in [1.54, 1.807) is 0 Å². The summed E-state index contributed by atoms with van der Waals surface area (Å²) in [6.07, 6.45) is 5.49. The molecule has 0 amide bonds. The average molecular weight is 259 g/mol. The number of aryl methyl sites for hydroxylation is 1. The number of nitrogens with one attached hydrogen (secondary N) is 1. The maximum absolute atomic E-state index is 3.82. The zero-order chi connectivity index (χ0) is 13.8. The van der Waals surface area contributed by atoms with Gasteiger partial charge in [-0.1, -0.05) is 43.7 Å². The highest BCUT2D eigenvalue weighted by Gasteiger charge is 2.24. The van der Waals surface area contributed by atoms with Gasteiger partial charge in [0, 0.05) is 12.1 Å². The Balaban J connectivity index is 1.85. The summed E-state index contributed by atoms with van der Waals surface area (Å²) >= 11 is 0. The van der Waals surface area contributed by atoms with Crippen LogP contribution in [0.3, 0.4) is 0 Å². The van der Waals surface area contributed by atoms with Crippen LogP contribution in [0.5, 0.6) is 0 Å². The van der Waals surface area contributed by atoms with Crippen LogP contribution < -0.4 is 5.32 Å².